The summed E-state index contributed by atoms with van der Waals surface area (Å²) >= 11 is 0. The fraction of sp³-hybridized carbons (Fsp3) is 0.385. The van der Waals surface area contributed by atoms with E-state index in [-0.39, 0.29) is 0 Å². The van der Waals surface area contributed by atoms with Gasteiger partial charge in [-0.25, -0.2) is 0 Å². The Bertz CT molecular complexity index is 363. The predicted octanol–water partition coefficient (Wildman–Crippen LogP) is 2.40. The summed E-state index contributed by atoms with van der Waals surface area (Å²) in [4.78, 5) is 23.4. The molecule has 1 saturated heterocycles. The minimum atomic E-state index is -0.965. The Kier molecular flexibility index (Phi) is 3.82. The molecule has 1 unspecified atom stereocenters. The molecule has 0 amide bonds. The maximum atomic E-state index is 11.8. The molecule has 0 aliphatic carbocycles. The van der Waals surface area contributed by atoms with Gasteiger partial charge in [0, 0.05) is 0 Å². The molecule has 1 rings (SSSR count). The molecular weight excluding hydrogens is 204 g/mol. The number of carbonyl (C=O) groups is 2. The largest absolute Gasteiger partial charge is 0.392 e. The summed E-state index contributed by atoms with van der Waals surface area (Å²) in [6.45, 7) is 5.44. The van der Waals surface area contributed by atoms with Crippen molar-refractivity contribution < 1.29 is 14.3 Å². The van der Waals surface area contributed by atoms with E-state index >= 15 is 0 Å². The number of hydrogen-bond donors (Lipinski definition) is 0. The van der Waals surface area contributed by atoms with Gasteiger partial charge in [-0.15, -0.1) is 0 Å². The number of carbonyl (C=O) groups excluding carboxylic acids is 2. The molecule has 0 saturated carbocycles. The van der Waals surface area contributed by atoms with Gasteiger partial charge >= 0.3 is 11.9 Å². The summed E-state index contributed by atoms with van der Waals surface area (Å²) in [6.07, 6.45) is 10.4. The molecule has 0 spiro atoms. The average Bonchev–Trinajstić information content (AvgIpc) is 2.45. The standard InChI is InChI=1S/C13H16O3/c1-4-7-10-11(14)16-12(15)13(10,8-5-2)9-6-3/h4-10H,1-3H3. The smallest absolute Gasteiger partial charge is 0.328 e. The van der Waals surface area contributed by atoms with Crippen LogP contribution in [-0.2, 0) is 14.3 Å². The maximum absolute atomic E-state index is 11.8. The van der Waals surface area contributed by atoms with Gasteiger partial charge in [0.05, 0.1) is 5.92 Å². The highest BCUT2D eigenvalue weighted by Gasteiger charge is 2.53. The second-order valence-electron chi connectivity index (χ2n) is 3.65. The second-order valence-corrected chi connectivity index (χ2v) is 3.65. The normalized spacial score (nSPS) is 31.1. The monoisotopic (exact) mass is 220 g/mol. The number of rotatable bonds is 3. The lowest BCUT2D eigenvalue weighted by Crippen LogP contribution is -2.28. The highest BCUT2D eigenvalue weighted by molar-refractivity contribution is 6.02. The quantitative estimate of drug-likeness (QED) is 0.416. The van der Waals surface area contributed by atoms with Crippen molar-refractivity contribution in [3.8, 4) is 0 Å². The van der Waals surface area contributed by atoms with Gasteiger partial charge in [-0.1, -0.05) is 36.5 Å². The van der Waals surface area contributed by atoms with Crippen molar-refractivity contribution in [3.05, 3.63) is 36.5 Å². The minimum absolute atomic E-state index is 0.487. The van der Waals surface area contributed by atoms with E-state index < -0.39 is 23.3 Å². The summed E-state index contributed by atoms with van der Waals surface area (Å²) in [5.74, 6) is -1.55. The van der Waals surface area contributed by atoms with Gasteiger partial charge in [0.15, 0.2) is 0 Å². The molecule has 0 aromatic heterocycles. The Morgan fingerprint density at radius 1 is 1.06 bits per heavy atom. The molecular formula is C13H16O3. The van der Waals surface area contributed by atoms with Gasteiger partial charge in [0.1, 0.15) is 5.41 Å². The molecule has 0 radical (unpaired) electrons. The molecule has 0 N–H and O–H groups in total. The molecule has 3 heteroatoms. The predicted molar refractivity (Wildman–Crippen MR) is 61.5 cm³/mol. The van der Waals surface area contributed by atoms with Crippen LogP contribution in [0, 0.1) is 11.3 Å². The molecule has 0 aromatic rings. The van der Waals surface area contributed by atoms with Gasteiger partial charge in [-0.05, 0) is 20.8 Å². The number of allylic oxidation sites excluding steroid dienone is 3. The molecule has 0 aromatic carbocycles. The molecule has 1 aliphatic rings. The maximum Gasteiger partial charge on any atom is 0.328 e. The van der Waals surface area contributed by atoms with Gasteiger partial charge in [-0.3, -0.25) is 9.59 Å². The minimum Gasteiger partial charge on any atom is -0.392 e. The van der Waals surface area contributed by atoms with E-state index in [1.54, 1.807) is 36.5 Å². The van der Waals surface area contributed by atoms with Crippen molar-refractivity contribution in [1.82, 2.24) is 0 Å². The lowest BCUT2D eigenvalue weighted by Gasteiger charge is -2.20. The summed E-state index contributed by atoms with van der Waals surface area (Å²) in [5.41, 5.74) is -0.965. The number of ether oxygens (including phenoxy) is 1. The number of esters is 2. The molecule has 1 aliphatic heterocycles. The lowest BCUT2D eigenvalue weighted by atomic mass is 9.76. The van der Waals surface area contributed by atoms with Crippen molar-refractivity contribution >= 4 is 11.9 Å². The van der Waals surface area contributed by atoms with Gasteiger partial charge in [0.25, 0.3) is 0 Å². The van der Waals surface area contributed by atoms with Crippen LogP contribution in [0.4, 0.5) is 0 Å². The molecule has 0 bridgehead atoms. The highest BCUT2D eigenvalue weighted by Crippen LogP contribution is 2.40. The lowest BCUT2D eigenvalue weighted by molar-refractivity contribution is -0.153. The summed E-state index contributed by atoms with van der Waals surface area (Å²) in [5, 5.41) is 0. The Hall–Kier alpha value is -1.64. The zero-order chi connectivity index (χ0) is 12.2. The number of cyclic esters (lactones) is 2. The second kappa shape index (κ2) is 4.92. The van der Waals surface area contributed by atoms with Crippen molar-refractivity contribution in [2.45, 2.75) is 20.8 Å². The summed E-state index contributed by atoms with van der Waals surface area (Å²) in [7, 11) is 0. The third-order valence-corrected chi connectivity index (χ3v) is 2.59. The van der Waals surface area contributed by atoms with Crippen LogP contribution in [0.1, 0.15) is 20.8 Å². The van der Waals surface area contributed by atoms with E-state index in [9.17, 15) is 9.59 Å². The third kappa shape index (κ3) is 1.85. The Morgan fingerprint density at radius 2 is 1.62 bits per heavy atom. The van der Waals surface area contributed by atoms with Crippen molar-refractivity contribution in [3.63, 3.8) is 0 Å². The fourth-order valence-electron chi connectivity index (χ4n) is 1.95. The molecule has 1 fully saturated rings. The Labute approximate surface area is 95.5 Å². The van der Waals surface area contributed by atoms with Crippen LogP contribution >= 0.6 is 0 Å². The van der Waals surface area contributed by atoms with Gasteiger partial charge in [-0.2, -0.15) is 0 Å². The van der Waals surface area contributed by atoms with E-state index in [1.165, 1.54) is 0 Å². The molecule has 16 heavy (non-hydrogen) atoms. The van der Waals surface area contributed by atoms with E-state index in [4.69, 9.17) is 4.74 Å². The average molecular weight is 220 g/mol. The fourth-order valence-corrected chi connectivity index (χ4v) is 1.95. The highest BCUT2D eigenvalue weighted by atomic mass is 16.6. The topological polar surface area (TPSA) is 43.4 Å². The van der Waals surface area contributed by atoms with Crippen LogP contribution in [0.15, 0.2) is 36.5 Å². The molecule has 86 valence electrons. The summed E-state index contributed by atoms with van der Waals surface area (Å²) in [6, 6.07) is 0. The van der Waals surface area contributed by atoms with Crippen LogP contribution < -0.4 is 0 Å². The Morgan fingerprint density at radius 3 is 2.06 bits per heavy atom. The van der Waals surface area contributed by atoms with Crippen molar-refractivity contribution in [2.24, 2.45) is 11.3 Å². The van der Waals surface area contributed by atoms with E-state index in [2.05, 4.69) is 0 Å². The van der Waals surface area contributed by atoms with Gasteiger partial charge in [0.2, 0.25) is 0 Å². The molecule has 3 nitrogen and oxygen atoms in total. The van der Waals surface area contributed by atoms with E-state index in [0.29, 0.717) is 0 Å². The van der Waals surface area contributed by atoms with Crippen LogP contribution in [-0.4, -0.2) is 11.9 Å². The van der Waals surface area contributed by atoms with E-state index in [0.717, 1.165) is 0 Å². The van der Waals surface area contributed by atoms with Crippen molar-refractivity contribution in [2.75, 3.05) is 0 Å². The molecule has 1 atom stereocenters. The van der Waals surface area contributed by atoms with E-state index in [1.807, 2.05) is 20.8 Å². The SMILES string of the molecule is CC=CC1C(=O)OC(=O)C1(C=CC)C=CC. The molecule has 1 heterocycles. The summed E-state index contributed by atoms with van der Waals surface area (Å²) < 4.78 is 4.72. The first kappa shape index (κ1) is 12.4. The zero-order valence-electron chi connectivity index (χ0n) is 9.77. The van der Waals surface area contributed by atoms with Crippen LogP contribution in [0.3, 0.4) is 0 Å². The first-order valence-electron chi connectivity index (χ1n) is 5.29. The van der Waals surface area contributed by atoms with Crippen LogP contribution in [0.2, 0.25) is 0 Å². The van der Waals surface area contributed by atoms with Crippen LogP contribution in [0.5, 0.6) is 0 Å². The van der Waals surface area contributed by atoms with Crippen molar-refractivity contribution in [1.29, 1.82) is 0 Å². The first-order chi connectivity index (χ1) is 7.62. The van der Waals surface area contributed by atoms with Crippen LogP contribution in [0.25, 0.3) is 0 Å². The zero-order valence-corrected chi connectivity index (χ0v) is 9.77. The van der Waals surface area contributed by atoms with Gasteiger partial charge < -0.3 is 4.74 Å². The number of hydrogen-bond acceptors (Lipinski definition) is 3. The Balaban J connectivity index is 3.30. The first-order valence-corrected chi connectivity index (χ1v) is 5.29. The third-order valence-electron chi connectivity index (χ3n) is 2.59.